The molecular formula is C22H21ClFN3O4. The predicted octanol–water partition coefficient (Wildman–Crippen LogP) is 2.16. The number of benzene rings is 2. The molecule has 1 heterocycles. The summed E-state index contributed by atoms with van der Waals surface area (Å²) in [6, 6.07) is 10.5. The number of hydrogen-bond donors (Lipinski definition) is 3. The Morgan fingerprint density at radius 1 is 1.23 bits per heavy atom. The van der Waals surface area contributed by atoms with E-state index in [0.717, 1.165) is 18.9 Å². The van der Waals surface area contributed by atoms with E-state index in [4.69, 9.17) is 11.6 Å². The van der Waals surface area contributed by atoms with Crippen LogP contribution in [0.25, 0.3) is 0 Å². The third-order valence-corrected chi connectivity index (χ3v) is 5.60. The zero-order valence-corrected chi connectivity index (χ0v) is 17.3. The van der Waals surface area contributed by atoms with Crippen molar-refractivity contribution in [3.63, 3.8) is 0 Å². The van der Waals surface area contributed by atoms with Gasteiger partial charge in [0.05, 0.1) is 0 Å². The average Bonchev–Trinajstić information content (AvgIpc) is 3.49. The number of rotatable bonds is 6. The van der Waals surface area contributed by atoms with E-state index in [2.05, 4.69) is 10.6 Å². The lowest BCUT2D eigenvalue weighted by Gasteiger charge is -2.22. The fourth-order valence-corrected chi connectivity index (χ4v) is 3.76. The number of carbonyl (C=O) groups is 3. The molecule has 2 aromatic rings. The molecule has 0 bridgehead atoms. The van der Waals surface area contributed by atoms with Crippen LogP contribution >= 0.6 is 11.6 Å². The number of anilines is 1. The van der Waals surface area contributed by atoms with Crippen LogP contribution in [0, 0.1) is 5.82 Å². The molecule has 4 rings (SSSR count). The van der Waals surface area contributed by atoms with E-state index >= 15 is 0 Å². The van der Waals surface area contributed by atoms with Crippen molar-refractivity contribution >= 4 is 35.0 Å². The van der Waals surface area contributed by atoms with Crippen LogP contribution < -0.4 is 15.5 Å². The van der Waals surface area contributed by atoms with Crippen LogP contribution in [-0.2, 0) is 16.1 Å². The van der Waals surface area contributed by atoms with Crippen molar-refractivity contribution in [1.29, 1.82) is 0 Å². The fourth-order valence-electron chi connectivity index (χ4n) is 3.52. The molecule has 162 valence electrons. The zero-order chi connectivity index (χ0) is 22.2. The molecule has 0 unspecified atom stereocenters. The molecule has 1 saturated carbocycles. The normalized spacial score (nSPS) is 20.6. The number of hydrogen-bond acceptors (Lipinski definition) is 4. The second kappa shape index (κ2) is 8.28. The molecule has 0 radical (unpaired) electrons. The van der Waals surface area contributed by atoms with Gasteiger partial charge >= 0.3 is 0 Å². The van der Waals surface area contributed by atoms with Crippen molar-refractivity contribution in [2.45, 2.75) is 37.5 Å². The van der Waals surface area contributed by atoms with Crippen LogP contribution in [-0.4, -0.2) is 41.0 Å². The minimum absolute atomic E-state index is 0.0945. The van der Waals surface area contributed by atoms with Gasteiger partial charge in [0, 0.05) is 41.8 Å². The maximum Gasteiger partial charge on any atom is 0.268 e. The van der Waals surface area contributed by atoms with Gasteiger partial charge in [0.1, 0.15) is 5.82 Å². The highest BCUT2D eigenvalue weighted by molar-refractivity contribution is 6.30. The lowest BCUT2D eigenvalue weighted by atomic mass is 10.0. The maximum atomic E-state index is 13.5. The Bertz CT molecular complexity index is 1040. The number of nitrogens with zero attached hydrogens (tertiary/aromatic N) is 1. The van der Waals surface area contributed by atoms with Crippen LogP contribution in [0.5, 0.6) is 0 Å². The van der Waals surface area contributed by atoms with Crippen LogP contribution in [0.2, 0.25) is 5.02 Å². The molecule has 1 aliphatic carbocycles. The van der Waals surface area contributed by atoms with Gasteiger partial charge in [-0.25, -0.2) is 4.39 Å². The molecular weight excluding hydrogens is 425 g/mol. The van der Waals surface area contributed by atoms with Gasteiger partial charge in [0.25, 0.3) is 17.7 Å². The van der Waals surface area contributed by atoms with E-state index in [1.165, 1.54) is 17.0 Å². The van der Waals surface area contributed by atoms with Crippen molar-refractivity contribution < 1.29 is 23.9 Å². The highest BCUT2D eigenvalue weighted by Crippen LogP contribution is 2.29. The summed E-state index contributed by atoms with van der Waals surface area (Å²) in [4.78, 5) is 39.1. The van der Waals surface area contributed by atoms with Gasteiger partial charge in [-0.1, -0.05) is 17.7 Å². The molecule has 9 heteroatoms. The van der Waals surface area contributed by atoms with Gasteiger partial charge in [0.15, 0.2) is 0 Å². The first kappa shape index (κ1) is 21.3. The molecule has 3 amide bonds. The summed E-state index contributed by atoms with van der Waals surface area (Å²) in [7, 11) is 0. The number of aliphatic hydroxyl groups is 1. The number of halogens is 2. The van der Waals surface area contributed by atoms with Crippen LogP contribution in [0.4, 0.5) is 10.1 Å². The predicted molar refractivity (Wildman–Crippen MR) is 112 cm³/mol. The number of nitrogens with one attached hydrogen (secondary N) is 2. The van der Waals surface area contributed by atoms with Gasteiger partial charge in [-0.15, -0.1) is 0 Å². The third-order valence-electron chi connectivity index (χ3n) is 5.38. The van der Waals surface area contributed by atoms with Gasteiger partial charge in [-0.3, -0.25) is 14.4 Å². The van der Waals surface area contributed by atoms with Crippen LogP contribution in [0.3, 0.4) is 0 Å². The quantitative estimate of drug-likeness (QED) is 0.593. The van der Waals surface area contributed by atoms with Crippen molar-refractivity contribution in [2.75, 3.05) is 11.4 Å². The molecule has 2 aromatic carbocycles. The summed E-state index contributed by atoms with van der Waals surface area (Å²) in [5.41, 5.74) is -1.02. The minimum atomic E-state index is -2.25. The Labute approximate surface area is 183 Å². The summed E-state index contributed by atoms with van der Waals surface area (Å²) in [6.07, 6.45) is 1.81. The van der Waals surface area contributed by atoms with Crippen LogP contribution in [0.1, 0.15) is 35.2 Å². The first-order valence-corrected chi connectivity index (χ1v) is 10.3. The summed E-state index contributed by atoms with van der Waals surface area (Å²) >= 11 is 5.80. The Morgan fingerprint density at radius 3 is 2.71 bits per heavy atom. The molecule has 0 aromatic heterocycles. The van der Waals surface area contributed by atoms with Gasteiger partial charge in [-0.2, -0.15) is 0 Å². The van der Waals surface area contributed by atoms with Crippen LogP contribution in [0.15, 0.2) is 42.5 Å². The average molecular weight is 446 g/mol. The molecule has 7 nitrogen and oxygen atoms in total. The van der Waals surface area contributed by atoms with E-state index in [-0.39, 0.29) is 36.5 Å². The molecule has 1 saturated heterocycles. The lowest BCUT2D eigenvalue weighted by molar-refractivity contribution is -0.149. The summed E-state index contributed by atoms with van der Waals surface area (Å²) in [6.45, 7) is 0.0188. The lowest BCUT2D eigenvalue weighted by Crippen LogP contribution is -2.52. The van der Waals surface area contributed by atoms with E-state index in [9.17, 15) is 23.9 Å². The zero-order valence-electron chi connectivity index (χ0n) is 16.5. The summed E-state index contributed by atoms with van der Waals surface area (Å²) in [5.74, 6) is -2.42. The fraction of sp³-hybridized carbons (Fsp3) is 0.318. The molecule has 1 aliphatic heterocycles. The topological polar surface area (TPSA) is 98.7 Å². The smallest absolute Gasteiger partial charge is 0.268 e. The monoisotopic (exact) mass is 445 g/mol. The molecule has 31 heavy (non-hydrogen) atoms. The third kappa shape index (κ3) is 4.55. The van der Waals surface area contributed by atoms with Crippen molar-refractivity contribution in [3.8, 4) is 0 Å². The van der Waals surface area contributed by atoms with E-state index in [0.29, 0.717) is 16.8 Å². The highest BCUT2D eigenvalue weighted by atomic mass is 35.5. The summed E-state index contributed by atoms with van der Waals surface area (Å²) in [5, 5.41) is 16.3. The minimum Gasteiger partial charge on any atom is -0.372 e. The van der Waals surface area contributed by atoms with Gasteiger partial charge < -0.3 is 20.6 Å². The van der Waals surface area contributed by atoms with Gasteiger partial charge in [0.2, 0.25) is 5.60 Å². The van der Waals surface area contributed by atoms with Gasteiger partial charge in [-0.05, 0) is 54.8 Å². The second-order valence-corrected chi connectivity index (χ2v) is 8.26. The van der Waals surface area contributed by atoms with Crippen molar-refractivity contribution in [1.82, 2.24) is 10.6 Å². The highest BCUT2D eigenvalue weighted by Gasteiger charge is 2.51. The number of carbonyl (C=O) groups excluding carboxylic acids is 3. The molecule has 3 N–H and O–H groups in total. The summed E-state index contributed by atoms with van der Waals surface area (Å²) < 4.78 is 13.5. The van der Waals surface area contributed by atoms with E-state index in [1.807, 2.05) is 0 Å². The second-order valence-electron chi connectivity index (χ2n) is 7.83. The SMILES string of the molecule is O=C(NC1CC1)c1cccc(N2CC[C@](O)(C(=O)NCc3cc(F)cc(Cl)c3)C2=O)c1. The largest absolute Gasteiger partial charge is 0.372 e. The Kier molecular flexibility index (Phi) is 5.68. The van der Waals surface area contributed by atoms with E-state index in [1.54, 1.807) is 24.3 Å². The Hall–Kier alpha value is -2.97. The number of amides is 3. The molecule has 2 aliphatic rings. The molecule has 2 fully saturated rings. The standard InChI is InChI=1S/C22H21ClFN3O4/c23-15-8-13(9-16(24)11-15)12-25-20(29)22(31)6-7-27(21(22)30)18-3-1-2-14(10-18)19(28)26-17-4-5-17/h1-3,8-11,17,31H,4-7,12H2,(H,25,29)(H,26,28)/t22-/m0/s1. The first-order valence-electron chi connectivity index (χ1n) is 9.95. The van der Waals surface area contributed by atoms with Crippen molar-refractivity contribution in [3.05, 3.63) is 64.4 Å². The molecule has 1 atom stereocenters. The molecule has 0 spiro atoms. The Morgan fingerprint density at radius 2 is 2.00 bits per heavy atom. The first-order chi connectivity index (χ1) is 14.8. The Balaban J connectivity index is 1.44. The van der Waals surface area contributed by atoms with E-state index < -0.39 is 23.2 Å². The maximum absolute atomic E-state index is 13.5. The van der Waals surface area contributed by atoms with Crippen molar-refractivity contribution in [2.24, 2.45) is 0 Å².